The summed E-state index contributed by atoms with van der Waals surface area (Å²) in [6.45, 7) is 4.87. The number of aliphatic carboxylic acids is 1. The van der Waals surface area contributed by atoms with E-state index in [-0.39, 0.29) is 0 Å². The highest BCUT2D eigenvalue weighted by Crippen LogP contribution is 2.18. The molecule has 0 aliphatic heterocycles. The fourth-order valence-electron chi connectivity index (χ4n) is 0.718. The van der Waals surface area contributed by atoms with Crippen LogP contribution < -0.4 is 0 Å². The number of H-pyrrole nitrogens is 1. The Balaban J connectivity index is 3.05. The zero-order valence-electron chi connectivity index (χ0n) is 7.25. The molecule has 0 atom stereocenters. The molecule has 0 spiro atoms. The van der Waals surface area contributed by atoms with Gasteiger partial charge in [-0.1, -0.05) is 0 Å². The Morgan fingerprint density at radius 3 is 2.50 bits per heavy atom. The van der Waals surface area contributed by atoms with Crippen molar-refractivity contribution in [2.75, 3.05) is 0 Å². The smallest absolute Gasteiger partial charge is 0.316 e. The second-order valence-corrected chi connectivity index (χ2v) is 3.17. The van der Waals surface area contributed by atoms with E-state index in [9.17, 15) is 4.79 Å². The molecule has 0 aliphatic rings. The van der Waals surface area contributed by atoms with Crippen molar-refractivity contribution in [3.63, 3.8) is 0 Å². The topological polar surface area (TPSA) is 78.9 Å². The van der Waals surface area contributed by atoms with Crippen molar-refractivity contribution in [1.82, 2.24) is 15.2 Å². The summed E-state index contributed by atoms with van der Waals surface area (Å²) >= 11 is 0. The van der Waals surface area contributed by atoms with Gasteiger partial charge in [-0.25, -0.2) is 4.98 Å². The average Bonchev–Trinajstić information content (AvgIpc) is 2.35. The lowest BCUT2D eigenvalue weighted by molar-refractivity contribution is -0.142. The number of aryl methyl sites for hydroxylation is 1. The van der Waals surface area contributed by atoms with E-state index in [0.29, 0.717) is 11.6 Å². The molecule has 0 unspecified atom stereocenters. The standard InChI is InChI=1S/C7H11N3O2/c1-4-8-5(10-9-4)7(2,3)6(11)12/h1-3H3,(H,11,12)(H,8,9,10). The van der Waals surface area contributed by atoms with E-state index in [1.807, 2.05) is 0 Å². The molecule has 0 amide bonds. The highest BCUT2D eigenvalue weighted by atomic mass is 16.4. The SMILES string of the molecule is Cc1nc(C(C)(C)C(=O)O)n[nH]1. The third-order valence-electron chi connectivity index (χ3n) is 1.69. The molecular formula is C7H11N3O2. The maximum atomic E-state index is 10.7. The van der Waals surface area contributed by atoms with Crippen LogP contribution >= 0.6 is 0 Å². The Labute approximate surface area is 69.8 Å². The minimum atomic E-state index is -1.02. The second kappa shape index (κ2) is 2.58. The van der Waals surface area contributed by atoms with Gasteiger partial charge in [0.25, 0.3) is 0 Å². The van der Waals surface area contributed by atoms with Gasteiger partial charge in [0.2, 0.25) is 0 Å². The summed E-state index contributed by atoms with van der Waals surface area (Å²) in [4.78, 5) is 14.7. The molecule has 66 valence electrons. The monoisotopic (exact) mass is 169 g/mol. The first-order chi connectivity index (χ1) is 5.44. The van der Waals surface area contributed by atoms with Gasteiger partial charge in [-0.2, -0.15) is 5.10 Å². The summed E-state index contributed by atoms with van der Waals surface area (Å²) in [7, 11) is 0. The molecule has 12 heavy (non-hydrogen) atoms. The van der Waals surface area contributed by atoms with E-state index in [4.69, 9.17) is 5.11 Å². The van der Waals surface area contributed by atoms with Crippen molar-refractivity contribution in [1.29, 1.82) is 0 Å². The largest absolute Gasteiger partial charge is 0.481 e. The number of aromatic nitrogens is 3. The summed E-state index contributed by atoms with van der Waals surface area (Å²) in [5.74, 6) is 0.00771. The third kappa shape index (κ3) is 1.30. The van der Waals surface area contributed by atoms with Crippen LogP contribution in [0.4, 0.5) is 0 Å². The molecule has 0 saturated carbocycles. The fourth-order valence-corrected chi connectivity index (χ4v) is 0.718. The van der Waals surface area contributed by atoms with E-state index in [0.717, 1.165) is 0 Å². The van der Waals surface area contributed by atoms with Crippen LogP contribution in [0.3, 0.4) is 0 Å². The van der Waals surface area contributed by atoms with Crippen molar-refractivity contribution >= 4 is 5.97 Å². The van der Waals surface area contributed by atoms with Crippen LogP contribution in [0.25, 0.3) is 0 Å². The van der Waals surface area contributed by atoms with Gasteiger partial charge in [0.1, 0.15) is 11.2 Å². The van der Waals surface area contributed by atoms with Gasteiger partial charge in [0.05, 0.1) is 0 Å². The van der Waals surface area contributed by atoms with Gasteiger partial charge in [-0.3, -0.25) is 9.89 Å². The third-order valence-corrected chi connectivity index (χ3v) is 1.69. The predicted octanol–water partition coefficient (Wildman–Crippen LogP) is 0.475. The first kappa shape index (κ1) is 8.70. The number of hydrogen-bond acceptors (Lipinski definition) is 3. The molecule has 1 aromatic heterocycles. The summed E-state index contributed by atoms with van der Waals surface area (Å²) in [5, 5.41) is 15.2. The summed E-state index contributed by atoms with van der Waals surface area (Å²) in [6.07, 6.45) is 0. The van der Waals surface area contributed by atoms with Crippen molar-refractivity contribution in [3.05, 3.63) is 11.6 Å². The van der Waals surface area contributed by atoms with Gasteiger partial charge < -0.3 is 5.11 Å². The average molecular weight is 169 g/mol. The zero-order valence-corrected chi connectivity index (χ0v) is 7.25. The highest BCUT2D eigenvalue weighted by Gasteiger charge is 2.33. The van der Waals surface area contributed by atoms with E-state index >= 15 is 0 Å². The molecule has 0 aromatic carbocycles. The molecule has 1 rings (SSSR count). The number of rotatable bonds is 2. The van der Waals surface area contributed by atoms with E-state index < -0.39 is 11.4 Å². The van der Waals surface area contributed by atoms with Crippen molar-refractivity contribution in [2.24, 2.45) is 0 Å². The Bertz CT molecular complexity index is 303. The molecule has 0 saturated heterocycles. The lowest BCUT2D eigenvalue weighted by atomic mass is 9.93. The van der Waals surface area contributed by atoms with Crippen LogP contribution in [0.5, 0.6) is 0 Å². The van der Waals surface area contributed by atoms with Crippen LogP contribution in [-0.2, 0) is 10.2 Å². The number of carboxylic acids is 1. The minimum Gasteiger partial charge on any atom is -0.481 e. The van der Waals surface area contributed by atoms with E-state index in [1.165, 1.54) is 0 Å². The Morgan fingerprint density at radius 1 is 1.58 bits per heavy atom. The fraction of sp³-hybridized carbons (Fsp3) is 0.571. The molecule has 0 aliphatic carbocycles. The predicted molar refractivity (Wildman–Crippen MR) is 41.8 cm³/mol. The molecule has 1 aromatic rings. The number of aromatic amines is 1. The molecule has 5 nitrogen and oxygen atoms in total. The molecule has 0 radical (unpaired) electrons. The summed E-state index contributed by atoms with van der Waals surface area (Å²) in [6, 6.07) is 0. The quantitative estimate of drug-likeness (QED) is 0.674. The van der Waals surface area contributed by atoms with Crippen LogP contribution in [-0.4, -0.2) is 26.3 Å². The molecule has 5 heteroatoms. The van der Waals surface area contributed by atoms with Crippen LogP contribution in [0, 0.1) is 6.92 Å². The van der Waals surface area contributed by atoms with Gasteiger partial charge in [-0.05, 0) is 20.8 Å². The summed E-state index contributed by atoms with van der Waals surface area (Å²) in [5.41, 5.74) is -1.02. The van der Waals surface area contributed by atoms with Crippen molar-refractivity contribution in [3.8, 4) is 0 Å². The van der Waals surface area contributed by atoms with Crippen LogP contribution in [0.15, 0.2) is 0 Å². The van der Waals surface area contributed by atoms with Crippen molar-refractivity contribution < 1.29 is 9.90 Å². The maximum Gasteiger partial charge on any atom is 0.316 e. The number of nitrogens with zero attached hydrogens (tertiary/aromatic N) is 2. The Hall–Kier alpha value is -1.39. The molecule has 1 heterocycles. The molecular weight excluding hydrogens is 158 g/mol. The van der Waals surface area contributed by atoms with Crippen LogP contribution in [0.2, 0.25) is 0 Å². The Morgan fingerprint density at radius 2 is 2.17 bits per heavy atom. The molecule has 2 N–H and O–H groups in total. The van der Waals surface area contributed by atoms with Crippen molar-refractivity contribution in [2.45, 2.75) is 26.2 Å². The van der Waals surface area contributed by atoms with E-state index in [1.54, 1.807) is 20.8 Å². The van der Waals surface area contributed by atoms with Gasteiger partial charge in [-0.15, -0.1) is 0 Å². The number of carbonyl (C=O) groups is 1. The Kier molecular flexibility index (Phi) is 1.87. The maximum absolute atomic E-state index is 10.7. The van der Waals surface area contributed by atoms with E-state index in [2.05, 4.69) is 15.2 Å². The first-order valence-corrected chi connectivity index (χ1v) is 3.57. The first-order valence-electron chi connectivity index (χ1n) is 3.57. The van der Waals surface area contributed by atoms with Gasteiger partial charge in [0, 0.05) is 0 Å². The highest BCUT2D eigenvalue weighted by molar-refractivity contribution is 5.78. The normalized spacial score (nSPS) is 11.6. The van der Waals surface area contributed by atoms with Gasteiger partial charge in [0.15, 0.2) is 5.82 Å². The molecule has 0 fully saturated rings. The van der Waals surface area contributed by atoms with Gasteiger partial charge >= 0.3 is 5.97 Å². The number of carboxylic acid groups (broad SMARTS) is 1. The second-order valence-electron chi connectivity index (χ2n) is 3.17. The zero-order chi connectivity index (χ0) is 9.35. The molecule has 0 bridgehead atoms. The summed E-state index contributed by atoms with van der Waals surface area (Å²) < 4.78 is 0. The number of hydrogen-bond donors (Lipinski definition) is 2. The number of nitrogens with one attached hydrogen (secondary N) is 1. The lowest BCUT2D eigenvalue weighted by Crippen LogP contribution is -2.29. The lowest BCUT2D eigenvalue weighted by Gasteiger charge is -2.13. The van der Waals surface area contributed by atoms with Crippen LogP contribution in [0.1, 0.15) is 25.5 Å². The minimum absolute atomic E-state index is 0.313.